The summed E-state index contributed by atoms with van der Waals surface area (Å²) in [5.41, 5.74) is -1.37. The van der Waals surface area contributed by atoms with Gasteiger partial charge in [0.15, 0.2) is 0 Å². The van der Waals surface area contributed by atoms with Crippen molar-refractivity contribution >= 4 is 12.1 Å². The molecule has 0 radical (unpaired) electrons. The first-order chi connectivity index (χ1) is 12.0. The Balaban J connectivity index is 2.09. The molecule has 1 amide bonds. The standard InChI is InChI=1S/C21H37NO4/c1-7-20(5,6)17(23)25-21(16-10-8-9-11-16)12-14-22(15-13-21)18(24)26-19(2,3)4/h16H,7-15H2,1-6H3. The molecule has 1 aliphatic heterocycles. The molecule has 0 aromatic heterocycles. The number of carbonyl (C=O) groups is 2. The molecule has 26 heavy (non-hydrogen) atoms. The maximum Gasteiger partial charge on any atom is 0.410 e. The van der Waals surface area contributed by atoms with Gasteiger partial charge in [-0.1, -0.05) is 19.8 Å². The number of amides is 1. The molecule has 150 valence electrons. The summed E-state index contributed by atoms with van der Waals surface area (Å²) < 4.78 is 11.7. The highest BCUT2D eigenvalue weighted by atomic mass is 16.6. The lowest BCUT2D eigenvalue weighted by molar-refractivity contribution is -0.183. The topological polar surface area (TPSA) is 55.8 Å². The van der Waals surface area contributed by atoms with Crippen LogP contribution in [0.5, 0.6) is 0 Å². The van der Waals surface area contributed by atoms with Crippen LogP contribution in [0.25, 0.3) is 0 Å². The monoisotopic (exact) mass is 367 g/mol. The van der Waals surface area contributed by atoms with Crippen LogP contribution >= 0.6 is 0 Å². The molecule has 0 aromatic rings. The molecule has 0 unspecified atom stereocenters. The third-order valence-electron chi connectivity index (χ3n) is 6.09. The Bertz CT molecular complexity index is 507. The largest absolute Gasteiger partial charge is 0.458 e. The molecule has 2 fully saturated rings. The maximum atomic E-state index is 12.8. The lowest BCUT2D eigenvalue weighted by Crippen LogP contribution is -2.54. The minimum Gasteiger partial charge on any atom is -0.458 e. The predicted molar refractivity (Wildman–Crippen MR) is 102 cm³/mol. The lowest BCUT2D eigenvalue weighted by Gasteiger charge is -2.46. The Morgan fingerprint density at radius 1 is 1.04 bits per heavy atom. The van der Waals surface area contributed by atoms with E-state index < -0.39 is 16.6 Å². The summed E-state index contributed by atoms with van der Waals surface area (Å²) in [7, 11) is 0. The van der Waals surface area contributed by atoms with Gasteiger partial charge < -0.3 is 14.4 Å². The highest BCUT2D eigenvalue weighted by Gasteiger charge is 2.48. The van der Waals surface area contributed by atoms with E-state index in [1.165, 1.54) is 12.8 Å². The van der Waals surface area contributed by atoms with Crippen molar-refractivity contribution in [3.05, 3.63) is 0 Å². The first-order valence-corrected chi connectivity index (χ1v) is 10.2. The zero-order valence-electron chi connectivity index (χ0n) is 17.5. The van der Waals surface area contributed by atoms with Crippen molar-refractivity contribution in [2.75, 3.05) is 13.1 Å². The molecule has 5 heteroatoms. The van der Waals surface area contributed by atoms with E-state index in [0.29, 0.717) is 31.8 Å². The summed E-state index contributed by atoms with van der Waals surface area (Å²) >= 11 is 0. The van der Waals surface area contributed by atoms with Gasteiger partial charge in [-0.05, 0) is 59.8 Å². The van der Waals surface area contributed by atoms with Crippen LogP contribution in [-0.4, -0.2) is 41.3 Å². The molecule has 5 nitrogen and oxygen atoms in total. The first-order valence-electron chi connectivity index (χ1n) is 10.2. The van der Waals surface area contributed by atoms with Crippen LogP contribution in [0.1, 0.15) is 86.5 Å². The number of hydrogen-bond donors (Lipinski definition) is 0. The Kier molecular flexibility index (Phi) is 6.29. The second-order valence-electron chi connectivity index (χ2n) is 9.64. The average molecular weight is 368 g/mol. The third-order valence-corrected chi connectivity index (χ3v) is 6.09. The number of piperidine rings is 1. The number of hydrogen-bond acceptors (Lipinski definition) is 4. The van der Waals surface area contributed by atoms with Crippen molar-refractivity contribution in [2.45, 2.75) is 97.7 Å². The Morgan fingerprint density at radius 2 is 1.58 bits per heavy atom. The molecular weight excluding hydrogens is 330 g/mol. The van der Waals surface area contributed by atoms with Gasteiger partial charge in [0.2, 0.25) is 0 Å². The summed E-state index contributed by atoms with van der Waals surface area (Å²) in [5.74, 6) is 0.317. The first kappa shape index (κ1) is 21.0. The number of ether oxygens (including phenoxy) is 2. The van der Waals surface area contributed by atoms with Crippen LogP contribution in [0.15, 0.2) is 0 Å². The molecule has 1 saturated heterocycles. The molecule has 0 spiro atoms. The second-order valence-corrected chi connectivity index (χ2v) is 9.64. The van der Waals surface area contributed by atoms with E-state index in [1.54, 1.807) is 4.90 Å². The summed E-state index contributed by atoms with van der Waals surface area (Å²) in [6, 6.07) is 0. The van der Waals surface area contributed by atoms with Crippen LogP contribution in [-0.2, 0) is 14.3 Å². The molecule has 0 aromatic carbocycles. The quantitative estimate of drug-likeness (QED) is 0.661. The van der Waals surface area contributed by atoms with Crippen LogP contribution in [0.4, 0.5) is 4.79 Å². The van der Waals surface area contributed by atoms with Crippen molar-refractivity contribution in [3.63, 3.8) is 0 Å². The Labute approximate surface area is 158 Å². The van der Waals surface area contributed by atoms with Crippen LogP contribution < -0.4 is 0 Å². The zero-order chi connectivity index (χ0) is 19.6. The van der Waals surface area contributed by atoms with Gasteiger partial charge in [0.1, 0.15) is 11.2 Å². The molecule has 1 aliphatic carbocycles. The molecular formula is C21H37NO4. The summed E-state index contributed by atoms with van der Waals surface area (Å²) in [6.07, 6.45) is 6.56. The Hall–Kier alpha value is -1.26. The molecule has 1 saturated carbocycles. The van der Waals surface area contributed by atoms with E-state index >= 15 is 0 Å². The average Bonchev–Trinajstić information content (AvgIpc) is 3.08. The second kappa shape index (κ2) is 7.77. The summed E-state index contributed by atoms with van der Waals surface area (Å²) in [6.45, 7) is 12.7. The van der Waals surface area contributed by atoms with Crippen LogP contribution in [0.3, 0.4) is 0 Å². The molecule has 2 rings (SSSR count). The fourth-order valence-corrected chi connectivity index (χ4v) is 3.91. The molecule has 0 N–H and O–H groups in total. The van der Waals surface area contributed by atoms with E-state index in [0.717, 1.165) is 19.3 Å². The van der Waals surface area contributed by atoms with E-state index in [9.17, 15) is 9.59 Å². The minimum atomic E-state index is -0.491. The number of esters is 1. The zero-order valence-corrected chi connectivity index (χ0v) is 17.5. The third kappa shape index (κ3) is 4.92. The lowest BCUT2D eigenvalue weighted by atomic mass is 9.77. The highest BCUT2D eigenvalue weighted by Crippen LogP contribution is 2.44. The number of likely N-dealkylation sites (tertiary alicyclic amines) is 1. The van der Waals surface area contributed by atoms with Crippen molar-refractivity contribution in [1.82, 2.24) is 4.90 Å². The molecule has 0 bridgehead atoms. The van der Waals surface area contributed by atoms with Crippen LogP contribution in [0, 0.1) is 11.3 Å². The van der Waals surface area contributed by atoms with E-state index in [2.05, 4.69) is 0 Å². The minimum absolute atomic E-state index is 0.0994. The van der Waals surface area contributed by atoms with Crippen molar-refractivity contribution in [2.24, 2.45) is 11.3 Å². The number of nitrogens with zero attached hydrogens (tertiary/aromatic N) is 1. The summed E-state index contributed by atoms with van der Waals surface area (Å²) in [4.78, 5) is 26.9. The van der Waals surface area contributed by atoms with Crippen molar-refractivity contribution < 1.29 is 19.1 Å². The normalized spacial score (nSPS) is 21.5. The van der Waals surface area contributed by atoms with Gasteiger partial charge in [-0.2, -0.15) is 0 Å². The van der Waals surface area contributed by atoms with E-state index in [-0.39, 0.29) is 12.1 Å². The predicted octanol–water partition coefficient (Wildman–Crippen LogP) is 4.93. The van der Waals surface area contributed by atoms with Crippen LogP contribution in [0.2, 0.25) is 0 Å². The fraction of sp³-hybridized carbons (Fsp3) is 0.905. The van der Waals surface area contributed by atoms with Gasteiger partial charge in [0.25, 0.3) is 0 Å². The Morgan fingerprint density at radius 3 is 2.04 bits per heavy atom. The number of rotatable bonds is 4. The van der Waals surface area contributed by atoms with Gasteiger partial charge >= 0.3 is 12.1 Å². The van der Waals surface area contributed by atoms with Crippen molar-refractivity contribution in [3.8, 4) is 0 Å². The molecule has 2 aliphatic rings. The van der Waals surface area contributed by atoms with E-state index in [4.69, 9.17) is 9.47 Å². The van der Waals surface area contributed by atoms with Gasteiger partial charge in [-0.15, -0.1) is 0 Å². The van der Waals surface area contributed by atoms with Gasteiger partial charge in [0, 0.05) is 25.9 Å². The van der Waals surface area contributed by atoms with Gasteiger partial charge in [-0.3, -0.25) is 4.79 Å². The van der Waals surface area contributed by atoms with E-state index in [1.807, 2.05) is 41.5 Å². The van der Waals surface area contributed by atoms with Gasteiger partial charge in [-0.25, -0.2) is 4.79 Å². The fourth-order valence-electron chi connectivity index (χ4n) is 3.91. The van der Waals surface area contributed by atoms with Gasteiger partial charge in [0.05, 0.1) is 5.41 Å². The maximum absolute atomic E-state index is 12.8. The smallest absolute Gasteiger partial charge is 0.410 e. The molecule has 0 atom stereocenters. The van der Waals surface area contributed by atoms with Crippen molar-refractivity contribution in [1.29, 1.82) is 0 Å². The molecule has 1 heterocycles. The number of carbonyl (C=O) groups excluding carboxylic acids is 2. The SMILES string of the molecule is CCC(C)(C)C(=O)OC1(C2CCCC2)CCN(C(=O)OC(C)(C)C)CC1. The highest BCUT2D eigenvalue weighted by molar-refractivity contribution is 5.76. The summed E-state index contributed by atoms with van der Waals surface area (Å²) in [5, 5.41) is 0.